The molecule has 8 nitrogen and oxygen atoms in total. The Morgan fingerprint density at radius 1 is 0.905 bits per heavy atom. The van der Waals surface area contributed by atoms with Gasteiger partial charge in [-0.15, -0.1) is 0 Å². The molecule has 0 spiro atoms. The molecule has 0 atom stereocenters. The minimum atomic E-state index is 0.575. The van der Waals surface area contributed by atoms with Gasteiger partial charge >= 0.3 is 0 Å². The van der Waals surface area contributed by atoms with Crippen molar-refractivity contribution in [1.82, 2.24) is 19.9 Å². The van der Waals surface area contributed by atoms with Gasteiger partial charge in [0.2, 0.25) is 11.9 Å². The highest BCUT2D eigenvalue weighted by atomic mass is 15.2. The number of hydrogen-bond donors (Lipinski definition) is 3. The zero-order chi connectivity index (χ0) is 15.4. The summed E-state index contributed by atoms with van der Waals surface area (Å²) in [4.78, 5) is 19.8. The topological polar surface area (TPSA) is 90.9 Å². The van der Waals surface area contributed by atoms with E-state index in [0.717, 1.165) is 13.0 Å². The maximum Gasteiger partial charge on any atom is 0.227 e. The summed E-state index contributed by atoms with van der Waals surface area (Å²) in [6, 6.07) is 0. The van der Waals surface area contributed by atoms with Crippen LogP contribution in [0.15, 0.2) is 0 Å². The van der Waals surface area contributed by atoms with Crippen molar-refractivity contribution in [2.24, 2.45) is 0 Å². The minimum absolute atomic E-state index is 0.575. The number of hydrogen-bond acceptors (Lipinski definition) is 8. The van der Waals surface area contributed by atoms with Gasteiger partial charge < -0.3 is 20.9 Å². The molecule has 0 aliphatic rings. The lowest BCUT2D eigenvalue weighted by Crippen LogP contribution is -2.15. The smallest absolute Gasteiger partial charge is 0.227 e. The van der Waals surface area contributed by atoms with E-state index in [1.54, 1.807) is 0 Å². The molecule has 21 heavy (non-hydrogen) atoms. The Kier molecular flexibility index (Phi) is 4.56. The highest BCUT2D eigenvalue weighted by Gasteiger charge is 2.15. The summed E-state index contributed by atoms with van der Waals surface area (Å²) in [5, 5.41) is 9.35. The van der Waals surface area contributed by atoms with Crippen molar-refractivity contribution in [3.8, 4) is 0 Å². The number of fused-ring (bicyclic) bond motifs is 1. The molecular formula is C13H22N8. The van der Waals surface area contributed by atoms with E-state index in [1.807, 2.05) is 33.1 Å². The predicted molar refractivity (Wildman–Crippen MR) is 87.3 cm³/mol. The molecule has 0 radical (unpaired) electrons. The van der Waals surface area contributed by atoms with Gasteiger partial charge in [0.05, 0.1) is 0 Å². The first-order valence-electron chi connectivity index (χ1n) is 6.97. The molecule has 8 heteroatoms. The monoisotopic (exact) mass is 290 g/mol. The van der Waals surface area contributed by atoms with Crippen LogP contribution in [0.5, 0.6) is 0 Å². The standard InChI is InChI=1S/C13H22N8/c1-6-7-16-12-17-8-9(10(14-2)19-12)18-13(21(4)5)20-11(8)15-3/h6-7H2,1-5H3,(H,15,18,20)(H2,14,16,17,19). The fourth-order valence-electron chi connectivity index (χ4n) is 1.87. The SMILES string of the molecule is CCCNc1nc(NC)c2nc(N(C)C)nc(NC)c2n1. The van der Waals surface area contributed by atoms with Gasteiger partial charge in [0, 0.05) is 34.7 Å². The molecule has 0 aliphatic heterocycles. The maximum atomic E-state index is 4.54. The van der Waals surface area contributed by atoms with Gasteiger partial charge in [0.25, 0.3) is 0 Å². The van der Waals surface area contributed by atoms with Crippen LogP contribution < -0.4 is 20.9 Å². The summed E-state index contributed by atoms with van der Waals surface area (Å²) >= 11 is 0. The van der Waals surface area contributed by atoms with Crippen LogP contribution in [0.1, 0.15) is 13.3 Å². The molecule has 3 N–H and O–H groups in total. The molecule has 2 aromatic rings. The van der Waals surface area contributed by atoms with E-state index in [-0.39, 0.29) is 0 Å². The predicted octanol–water partition coefficient (Wildman–Crippen LogP) is 1.39. The summed E-state index contributed by atoms with van der Waals surface area (Å²) in [6.07, 6.45) is 1.01. The van der Waals surface area contributed by atoms with Gasteiger partial charge in [-0.25, -0.2) is 9.97 Å². The van der Waals surface area contributed by atoms with Crippen molar-refractivity contribution in [3.05, 3.63) is 0 Å². The van der Waals surface area contributed by atoms with E-state index < -0.39 is 0 Å². The van der Waals surface area contributed by atoms with Crippen LogP contribution >= 0.6 is 0 Å². The first kappa shape index (κ1) is 15.0. The molecule has 0 saturated carbocycles. The molecule has 0 fully saturated rings. The van der Waals surface area contributed by atoms with Crippen LogP contribution in [0.2, 0.25) is 0 Å². The molecule has 0 unspecified atom stereocenters. The van der Waals surface area contributed by atoms with Crippen LogP contribution in [-0.2, 0) is 0 Å². The second-order valence-electron chi connectivity index (χ2n) is 4.79. The van der Waals surface area contributed by atoms with Gasteiger partial charge in [-0.3, -0.25) is 0 Å². The molecule has 2 rings (SSSR count). The average molecular weight is 290 g/mol. The molecule has 114 valence electrons. The number of nitrogens with one attached hydrogen (secondary N) is 3. The third-order valence-corrected chi connectivity index (χ3v) is 2.94. The van der Waals surface area contributed by atoms with E-state index in [2.05, 4.69) is 42.8 Å². The zero-order valence-electron chi connectivity index (χ0n) is 13.2. The van der Waals surface area contributed by atoms with Gasteiger partial charge in [0.15, 0.2) is 11.6 Å². The average Bonchev–Trinajstić information content (AvgIpc) is 2.50. The Balaban J connectivity index is 2.65. The fraction of sp³-hybridized carbons (Fsp3) is 0.538. The third kappa shape index (κ3) is 3.04. The Hall–Kier alpha value is -2.38. The lowest BCUT2D eigenvalue weighted by molar-refractivity contribution is 0.954. The highest BCUT2D eigenvalue weighted by Crippen LogP contribution is 2.26. The molecule has 2 heterocycles. The Labute approximate surface area is 124 Å². The van der Waals surface area contributed by atoms with Gasteiger partial charge in [-0.05, 0) is 6.42 Å². The van der Waals surface area contributed by atoms with Crippen molar-refractivity contribution in [2.45, 2.75) is 13.3 Å². The summed E-state index contributed by atoms with van der Waals surface area (Å²) in [7, 11) is 7.44. The van der Waals surface area contributed by atoms with E-state index in [4.69, 9.17) is 0 Å². The van der Waals surface area contributed by atoms with E-state index >= 15 is 0 Å². The molecule has 0 saturated heterocycles. The van der Waals surface area contributed by atoms with Crippen LogP contribution in [0.25, 0.3) is 11.0 Å². The quantitative estimate of drug-likeness (QED) is 0.735. The summed E-state index contributed by atoms with van der Waals surface area (Å²) in [5.74, 6) is 2.55. The van der Waals surface area contributed by atoms with Crippen LogP contribution in [-0.4, -0.2) is 54.7 Å². The largest absolute Gasteiger partial charge is 0.371 e. The molecule has 0 amide bonds. The fourth-order valence-corrected chi connectivity index (χ4v) is 1.87. The molecular weight excluding hydrogens is 268 g/mol. The maximum absolute atomic E-state index is 4.54. The third-order valence-electron chi connectivity index (χ3n) is 2.94. The number of anilines is 4. The lowest BCUT2D eigenvalue weighted by atomic mass is 10.3. The molecule has 0 aromatic carbocycles. The van der Waals surface area contributed by atoms with E-state index in [0.29, 0.717) is 34.6 Å². The summed E-state index contributed by atoms with van der Waals surface area (Å²) < 4.78 is 0. The van der Waals surface area contributed by atoms with E-state index in [9.17, 15) is 0 Å². The van der Waals surface area contributed by atoms with Crippen molar-refractivity contribution in [2.75, 3.05) is 55.6 Å². The van der Waals surface area contributed by atoms with Crippen LogP contribution in [0, 0.1) is 0 Å². The number of nitrogens with zero attached hydrogens (tertiary/aromatic N) is 5. The van der Waals surface area contributed by atoms with Gasteiger partial charge in [-0.1, -0.05) is 6.92 Å². The highest BCUT2D eigenvalue weighted by molar-refractivity contribution is 5.94. The second kappa shape index (κ2) is 6.38. The van der Waals surface area contributed by atoms with Crippen molar-refractivity contribution in [3.63, 3.8) is 0 Å². The first-order chi connectivity index (χ1) is 10.1. The van der Waals surface area contributed by atoms with Crippen LogP contribution in [0.4, 0.5) is 23.5 Å². The Morgan fingerprint density at radius 3 is 2.10 bits per heavy atom. The van der Waals surface area contributed by atoms with Gasteiger partial charge in [0.1, 0.15) is 11.0 Å². The second-order valence-corrected chi connectivity index (χ2v) is 4.79. The lowest BCUT2D eigenvalue weighted by Gasteiger charge is -2.15. The zero-order valence-corrected chi connectivity index (χ0v) is 13.2. The normalized spacial score (nSPS) is 10.5. The van der Waals surface area contributed by atoms with Crippen molar-refractivity contribution in [1.29, 1.82) is 0 Å². The van der Waals surface area contributed by atoms with Gasteiger partial charge in [-0.2, -0.15) is 9.97 Å². The first-order valence-corrected chi connectivity index (χ1v) is 6.97. The minimum Gasteiger partial charge on any atom is -0.371 e. The summed E-state index contributed by atoms with van der Waals surface area (Å²) in [5.41, 5.74) is 1.39. The van der Waals surface area contributed by atoms with Crippen molar-refractivity contribution < 1.29 is 0 Å². The molecule has 0 aliphatic carbocycles. The van der Waals surface area contributed by atoms with Crippen LogP contribution in [0.3, 0.4) is 0 Å². The van der Waals surface area contributed by atoms with Crippen molar-refractivity contribution >= 4 is 34.6 Å². The molecule has 0 bridgehead atoms. The number of rotatable bonds is 6. The summed E-state index contributed by atoms with van der Waals surface area (Å²) in [6.45, 7) is 2.92. The van der Waals surface area contributed by atoms with E-state index in [1.165, 1.54) is 0 Å². The number of aromatic nitrogens is 4. The Bertz CT molecular complexity index is 625. The Morgan fingerprint density at radius 2 is 1.52 bits per heavy atom. The molecule has 2 aromatic heterocycles.